The third-order valence-electron chi connectivity index (χ3n) is 11.6. The predicted octanol–water partition coefficient (Wildman–Crippen LogP) is 6.82. The summed E-state index contributed by atoms with van der Waals surface area (Å²) in [5, 5.41) is 12.9. The Morgan fingerprint density at radius 3 is 2.39 bits per heavy atom. The molecule has 2 aromatic heterocycles. The maximum absolute atomic E-state index is 14.6. The molecule has 3 aliphatic heterocycles. The molecule has 3 fully saturated rings. The van der Waals surface area contributed by atoms with Gasteiger partial charge in [0.25, 0.3) is 5.91 Å². The third-order valence-corrected chi connectivity index (χ3v) is 11.6. The Labute approximate surface area is 331 Å². The minimum Gasteiger partial charge on any atom is -0.374 e. The van der Waals surface area contributed by atoms with Crippen molar-refractivity contribution in [1.82, 2.24) is 30.1 Å². The number of anilines is 2. The molecular formula is C43H52F2N8O4. The van der Waals surface area contributed by atoms with Gasteiger partial charge in [0.1, 0.15) is 29.1 Å². The van der Waals surface area contributed by atoms with Crippen LogP contribution in [-0.2, 0) is 14.4 Å². The molecule has 2 aromatic carbocycles. The Bertz CT molecular complexity index is 2050. The molecule has 7 rings (SSSR count). The van der Waals surface area contributed by atoms with E-state index in [9.17, 15) is 28.0 Å². The number of nitrogens with one attached hydrogen (secondary N) is 3. The van der Waals surface area contributed by atoms with Crippen LogP contribution in [0, 0.1) is 11.6 Å². The second-order valence-electron chi connectivity index (χ2n) is 15.5. The molecular weight excluding hydrogens is 731 g/mol. The Balaban J connectivity index is 0.749. The van der Waals surface area contributed by atoms with Crippen LogP contribution in [0.2, 0.25) is 0 Å². The molecule has 0 radical (unpaired) electrons. The maximum Gasteiger partial charge on any atom is 0.256 e. The number of likely N-dealkylation sites (tertiary alicyclic amines) is 1. The minimum atomic E-state index is -0.477. The summed E-state index contributed by atoms with van der Waals surface area (Å²) in [6.07, 6.45) is 15.0. The van der Waals surface area contributed by atoms with Gasteiger partial charge in [-0.3, -0.25) is 24.5 Å². The molecule has 12 nitrogen and oxygen atoms in total. The molecule has 3 aliphatic rings. The zero-order valence-corrected chi connectivity index (χ0v) is 32.4. The third kappa shape index (κ3) is 9.95. The molecule has 0 spiro atoms. The fourth-order valence-electron chi connectivity index (χ4n) is 8.40. The number of fused-ring (bicyclic) bond motifs is 1. The van der Waals surface area contributed by atoms with E-state index in [0.717, 1.165) is 95.1 Å². The zero-order valence-electron chi connectivity index (χ0n) is 32.4. The molecule has 0 saturated carbocycles. The largest absolute Gasteiger partial charge is 0.374 e. The second-order valence-corrected chi connectivity index (χ2v) is 15.5. The molecule has 2 unspecified atom stereocenters. The number of nitrogens with zero attached hydrogens (tertiary/aromatic N) is 5. The average Bonchev–Trinajstić information content (AvgIpc) is 3.88. The zero-order chi connectivity index (χ0) is 39.7. The van der Waals surface area contributed by atoms with E-state index in [2.05, 4.69) is 33.2 Å². The van der Waals surface area contributed by atoms with Crippen LogP contribution in [0.3, 0.4) is 0 Å². The first-order valence-corrected chi connectivity index (χ1v) is 20.6. The highest BCUT2D eigenvalue weighted by atomic mass is 19.1. The standard InChI is InChI=1S/C43H52F2N8O4/c44-31-13-16-35(45)33(27-31)37-9-8-23-52(37)38-21-26-53-41(49-38)34(28-47-53)42(56)46-22-7-5-3-1-2-4-6-10-40(55)51-24-19-30(20-25-51)29-11-14-32(15-12-29)48-36-17-18-39(54)50-43(36)57/h11-16,21,26-28,30,36-37,48H,1-10,17-20,22-25H2,(H,46,56)(H,50,54,57). The summed E-state index contributed by atoms with van der Waals surface area (Å²) in [5.74, 6) is -0.428. The molecule has 4 aromatic rings. The molecule has 57 heavy (non-hydrogen) atoms. The van der Waals surface area contributed by atoms with Gasteiger partial charge < -0.3 is 20.4 Å². The summed E-state index contributed by atoms with van der Waals surface area (Å²) in [7, 11) is 0. The highest BCUT2D eigenvalue weighted by Crippen LogP contribution is 2.37. The van der Waals surface area contributed by atoms with Gasteiger partial charge in [-0.25, -0.2) is 18.3 Å². The van der Waals surface area contributed by atoms with Crippen LogP contribution in [0.25, 0.3) is 5.65 Å². The van der Waals surface area contributed by atoms with Crippen molar-refractivity contribution < 1.29 is 28.0 Å². The fourth-order valence-corrected chi connectivity index (χ4v) is 8.40. The normalized spacial score (nSPS) is 18.9. The highest BCUT2D eigenvalue weighted by molar-refractivity contribution is 6.01. The number of imide groups is 1. The van der Waals surface area contributed by atoms with Crippen LogP contribution in [0.1, 0.15) is 123 Å². The average molecular weight is 783 g/mol. The lowest BCUT2D eigenvalue weighted by Crippen LogP contribution is -2.47. The Morgan fingerprint density at radius 2 is 1.61 bits per heavy atom. The number of halogens is 2. The quantitative estimate of drug-likeness (QED) is 0.0831. The topological polar surface area (TPSA) is 141 Å². The predicted molar refractivity (Wildman–Crippen MR) is 213 cm³/mol. The molecule has 4 amide bonds. The summed E-state index contributed by atoms with van der Waals surface area (Å²) < 4.78 is 30.2. The smallest absolute Gasteiger partial charge is 0.256 e. The minimum absolute atomic E-state index is 0.223. The lowest BCUT2D eigenvalue weighted by molar-refractivity contribution is -0.134. The van der Waals surface area contributed by atoms with Crippen LogP contribution in [0.4, 0.5) is 20.3 Å². The van der Waals surface area contributed by atoms with Crippen LogP contribution in [0.15, 0.2) is 60.9 Å². The van der Waals surface area contributed by atoms with Crippen molar-refractivity contribution in [2.45, 2.75) is 108 Å². The summed E-state index contributed by atoms with van der Waals surface area (Å²) in [6, 6.07) is 12.7. The first-order chi connectivity index (χ1) is 27.7. The van der Waals surface area contributed by atoms with E-state index in [-0.39, 0.29) is 29.7 Å². The summed E-state index contributed by atoms with van der Waals surface area (Å²) in [6.45, 7) is 2.72. The van der Waals surface area contributed by atoms with Gasteiger partial charge >= 0.3 is 0 Å². The monoisotopic (exact) mass is 782 g/mol. The number of amides is 4. The number of piperidine rings is 2. The molecule has 5 heterocycles. The van der Waals surface area contributed by atoms with Crippen LogP contribution in [0.5, 0.6) is 0 Å². The van der Waals surface area contributed by atoms with Gasteiger partial charge in [0, 0.05) is 56.5 Å². The van der Waals surface area contributed by atoms with Crippen LogP contribution >= 0.6 is 0 Å². The van der Waals surface area contributed by atoms with Crippen molar-refractivity contribution in [3.05, 3.63) is 89.2 Å². The van der Waals surface area contributed by atoms with E-state index in [4.69, 9.17) is 4.98 Å². The van der Waals surface area contributed by atoms with Gasteiger partial charge in [0.2, 0.25) is 17.7 Å². The van der Waals surface area contributed by atoms with Crippen molar-refractivity contribution in [1.29, 1.82) is 0 Å². The first-order valence-electron chi connectivity index (χ1n) is 20.6. The Hall–Kier alpha value is -5.40. The van der Waals surface area contributed by atoms with Gasteiger partial charge in [0.05, 0.1) is 12.2 Å². The number of unbranched alkanes of at least 4 members (excludes halogenated alkanes) is 6. The van der Waals surface area contributed by atoms with E-state index >= 15 is 0 Å². The molecule has 0 bridgehead atoms. The van der Waals surface area contributed by atoms with Crippen molar-refractivity contribution in [3.63, 3.8) is 0 Å². The van der Waals surface area contributed by atoms with Gasteiger partial charge in [-0.15, -0.1) is 0 Å². The van der Waals surface area contributed by atoms with Crippen molar-refractivity contribution in [2.75, 3.05) is 36.4 Å². The summed E-state index contributed by atoms with van der Waals surface area (Å²) >= 11 is 0. The summed E-state index contributed by atoms with van der Waals surface area (Å²) in [4.78, 5) is 58.2. The van der Waals surface area contributed by atoms with Crippen LogP contribution < -0.4 is 20.9 Å². The number of carbonyl (C=O) groups excluding carboxylic acids is 4. The van der Waals surface area contributed by atoms with Gasteiger partial charge in [-0.05, 0) is 92.8 Å². The molecule has 3 N–H and O–H groups in total. The summed E-state index contributed by atoms with van der Waals surface area (Å²) in [5.41, 5.74) is 3.20. The first kappa shape index (κ1) is 39.8. The lowest BCUT2D eigenvalue weighted by atomic mass is 9.89. The Morgan fingerprint density at radius 1 is 0.860 bits per heavy atom. The van der Waals surface area contributed by atoms with E-state index in [0.29, 0.717) is 67.3 Å². The SMILES string of the molecule is O=C1CCC(Nc2ccc(C3CCN(C(=O)CCCCCCCCCNC(=O)c4cnn5ccc(N6CCCC6c6cc(F)ccc6F)nc45)CC3)cc2)C(=O)N1. The number of hydrogen-bond donors (Lipinski definition) is 3. The number of hydrogen-bond acceptors (Lipinski definition) is 8. The van der Waals surface area contributed by atoms with Crippen molar-refractivity contribution >= 4 is 40.8 Å². The molecule has 14 heteroatoms. The van der Waals surface area contributed by atoms with E-state index in [1.807, 2.05) is 21.9 Å². The molecule has 302 valence electrons. The molecule has 0 aliphatic carbocycles. The van der Waals surface area contributed by atoms with E-state index < -0.39 is 17.7 Å². The number of rotatable bonds is 16. The van der Waals surface area contributed by atoms with E-state index in [1.54, 1.807) is 16.8 Å². The van der Waals surface area contributed by atoms with Gasteiger partial charge in [-0.2, -0.15) is 5.10 Å². The van der Waals surface area contributed by atoms with Gasteiger partial charge in [-0.1, -0.05) is 44.2 Å². The van der Waals surface area contributed by atoms with Crippen molar-refractivity contribution in [2.24, 2.45) is 0 Å². The Kier molecular flexibility index (Phi) is 13.1. The fraction of sp³-hybridized carbons (Fsp3) is 0.488. The number of aromatic nitrogens is 3. The maximum atomic E-state index is 14.6. The number of benzene rings is 2. The van der Waals surface area contributed by atoms with E-state index in [1.165, 1.54) is 17.8 Å². The molecule has 2 atom stereocenters. The highest BCUT2D eigenvalue weighted by Gasteiger charge is 2.31. The number of carbonyl (C=O) groups is 4. The second kappa shape index (κ2) is 18.7. The molecule has 3 saturated heterocycles. The van der Waals surface area contributed by atoms with Crippen molar-refractivity contribution in [3.8, 4) is 0 Å². The van der Waals surface area contributed by atoms with Gasteiger partial charge in [0.15, 0.2) is 5.65 Å². The van der Waals surface area contributed by atoms with Crippen LogP contribution in [-0.4, -0.2) is 75.3 Å². The lowest BCUT2D eigenvalue weighted by Gasteiger charge is -2.32.